The molecule has 0 atom stereocenters. The SMILES string of the molecule is Fc1cc(Br)ccc1-c1cc(Cn2ccc3nc(-c4cccc(Cl)c4F)nc-3c2)on1. The Kier molecular flexibility index (Phi) is 5.03. The molecule has 0 bridgehead atoms. The van der Waals surface area contributed by atoms with Crippen molar-refractivity contribution in [1.82, 2.24) is 19.7 Å². The van der Waals surface area contributed by atoms with Crippen molar-refractivity contribution < 1.29 is 13.3 Å². The molecule has 2 aliphatic heterocycles. The molecule has 9 heteroatoms. The molecule has 2 aliphatic rings. The van der Waals surface area contributed by atoms with Gasteiger partial charge in [0.2, 0.25) is 0 Å². The van der Waals surface area contributed by atoms with E-state index in [1.54, 1.807) is 48.8 Å². The van der Waals surface area contributed by atoms with Crippen LogP contribution in [-0.4, -0.2) is 19.7 Å². The highest BCUT2D eigenvalue weighted by Crippen LogP contribution is 2.30. The number of rotatable bonds is 4. The van der Waals surface area contributed by atoms with Crippen LogP contribution in [0.15, 0.2) is 69.9 Å². The van der Waals surface area contributed by atoms with E-state index in [2.05, 4.69) is 31.1 Å². The van der Waals surface area contributed by atoms with Gasteiger partial charge in [-0.05, 0) is 36.4 Å². The minimum absolute atomic E-state index is 0.0183. The molecule has 154 valence electrons. The summed E-state index contributed by atoms with van der Waals surface area (Å²) in [5.74, 6) is -0.138. The summed E-state index contributed by atoms with van der Waals surface area (Å²) in [6.45, 7) is 0.356. The van der Waals surface area contributed by atoms with E-state index in [1.807, 2.05) is 4.57 Å². The number of imidazole rings is 1. The second kappa shape index (κ2) is 7.86. The Balaban J connectivity index is 1.42. The molecule has 0 fully saturated rings. The fraction of sp³-hybridized carbons (Fsp3) is 0.0455. The lowest BCUT2D eigenvalue weighted by atomic mass is 10.1. The maximum atomic E-state index is 14.3. The van der Waals surface area contributed by atoms with Crippen LogP contribution in [0.1, 0.15) is 5.76 Å². The molecule has 0 N–H and O–H groups in total. The number of hydrogen-bond acceptors (Lipinski definition) is 4. The molecule has 0 aliphatic carbocycles. The smallest absolute Gasteiger partial charge is 0.163 e. The lowest BCUT2D eigenvalue weighted by Gasteiger charge is -2.04. The Labute approximate surface area is 188 Å². The van der Waals surface area contributed by atoms with Crippen molar-refractivity contribution in [2.45, 2.75) is 6.54 Å². The van der Waals surface area contributed by atoms with E-state index >= 15 is 0 Å². The zero-order valence-electron chi connectivity index (χ0n) is 15.7. The van der Waals surface area contributed by atoms with Gasteiger partial charge >= 0.3 is 0 Å². The van der Waals surface area contributed by atoms with E-state index in [0.29, 0.717) is 39.4 Å². The number of hydrogen-bond donors (Lipinski definition) is 0. The second-order valence-corrected chi connectivity index (χ2v) is 8.16. The van der Waals surface area contributed by atoms with Crippen molar-refractivity contribution in [2.24, 2.45) is 0 Å². The van der Waals surface area contributed by atoms with Gasteiger partial charge in [0.25, 0.3) is 0 Å². The quantitative estimate of drug-likeness (QED) is 0.284. The molecule has 0 amide bonds. The topological polar surface area (TPSA) is 56.7 Å². The molecule has 0 radical (unpaired) electrons. The monoisotopic (exact) mass is 500 g/mol. The lowest BCUT2D eigenvalue weighted by Crippen LogP contribution is -1.99. The predicted molar refractivity (Wildman–Crippen MR) is 116 cm³/mol. The molecular formula is C22H12BrClF2N4O. The summed E-state index contributed by atoms with van der Waals surface area (Å²) in [7, 11) is 0. The highest BCUT2D eigenvalue weighted by atomic mass is 79.9. The molecular weight excluding hydrogens is 490 g/mol. The van der Waals surface area contributed by atoms with Crippen LogP contribution < -0.4 is 0 Å². The zero-order valence-corrected chi connectivity index (χ0v) is 18.0. The Bertz CT molecular complexity index is 1380. The van der Waals surface area contributed by atoms with Crippen LogP contribution in [0.25, 0.3) is 34.0 Å². The van der Waals surface area contributed by atoms with Crippen LogP contribution in [0.3, 0.4) is 0 Å². The first kappa shape index (κ1) is 19.8. The molecule has 31 heavy (non-hydrogen) atoms. The number of aromatic nitrogens is 4. The lowest BCUT2D eigenvalue weighted by molar-refractivity contribution is 0.378. The van der Waals surface area contributed by atoms with Gasteiger partial charge in [0.05, 0.1) is 22.8 Å². The maximum Gasteiger partial charge on any atom is 0.163 e. The average molecular weight is 502 g/mol. The van der Waals surface area contributed by atoms with Crippen LogP contribution in [0.2, 0.25) is 5.02 Å². The van der Waals surface area contributed by atoms with Gasteiger partial charge in [0.1, 0.15) is 17.2 Å². The molecule has 2 aromatic carbocycles. The minimum atomic E-state index is -0.554. The fourth-order valence-electron chi connectivity index (χ4n) is 3.24. The molecule has 0 saturated heterocycles. The third-order valence-electron chi connectivity index (χ3n) is 4.72. The van der Waals surface area contributed by atoms with E-state index in [1.165, 1.54) is 12.1 Å². The summed E-state index contributed by atoms with van der Waals surface area (Å²) in [5.41, 5.74) is 2.23. The summed E-state index contributed by atoms with van der Waals surface area (Å²) in [4.78, 5) is 8.82. The first-order valence-electron chi connectivity index (χ1n) is 9.17. The van der Waals surface area contributed by atoms with Gasteiger partial charge < -0.3 is 9.09 Å². The molecule has 3 aromatic rings. The van der Waals surface area contributed by atoms with E-state index < -0.39 is 11.6 Å². The Hall–Kier alpha value is -3.10. The predicted octanol–water partition coefficient (Wildman–Crippen LogP) is 6.45. The number of nitrogens with zero attached hydrogens (tertiary/aromatic N) is 4. The summed E-state index contributed by atoms with van der Waals surface area (Å²) in [5, 5.41) is 3.99. The highest BCUT2D eigenvalue weighted by molar-refractivity contribution is 9.10. The minimum Gasteiger partial charge on any atom is -0.359 e. The Morgan fingerprint density at radius 1 is 0.968 bits per heavy atom. The zero-order chi connectivity index (χ0) is 21.5. The van der Waals surface area contributed by atoms with Crippen molar-refractivity contribution in [3.05, 3.63) is 87.8 Å². The Morgan fingerprint density at radius 2 is 1.81 bits per heavy atom. The van der Waals surface area contributed by atoms with Gasteiger partial charge in [0.15, 0.2) is 17.4 Å². The third-order valence-corrected chi connectivity index (χ3v) is 5.51. The third kappa shape index (κ3) is 3.84. The first-order chi connectivity index (χ1) is 15.0. The maximum absolute atomic E-state index is 14.3. The first-order valence-corrected chi connectivity index (χ1v) is 10.3. The standard InChI is InChI=1S/C22H12BrClF2N4O/c23-12-4-5-14(17(25)8-12)19-9-13(31-29-19)10-30-7-6-18-20(11-30)28-22(27-18)15-2-1-3-16(24)21(15)26/h1-9,11H,10H2. The summed E-state index contributed by atoms with van der Waals surface area (Å²) in [6, 6.07) is 12.9. The molecule has 3 heterocycles. The summed E-state index contributed by atoms with van der Waals surface area (Å²) >= 11 is 9.10. The molecule has 5 rings (SSSR count). The van der Waals surface area contributed by atoms with Crippen LogP contribution in [-0.2, 0) is 6.54 Å². The second-order valence-electron chi connectivity index (χ2n) is 6.84. The largest absolute Gasteiger partial charge is 0.359 e. The number of fused-ring (bicyclic) bond motifs is 1. The number of halogens is 4. The van der Waals surface area contributed by atoms with E-state index in [-0.39, 0.29) is 16.4 Å². The highest BCUT2D eigenvalue weighted by Gasteiger charge is 2.17. The number of benzene rings is 2. The van der Waals surface area contributed by atoms with Crippen molar-refractivity contribution >= 4 is 27.5 Å². The van der Waals surface area contributed by atoms with Gasteiger partial charge in [-0.1, -0.05) is 38.8 Å². The van der Waals surface area contributed by atoms with Crippen molar-refractivity contribution in [1.29, 1.82) is 0 Å². The van der Waals surface area contributed by atoms with Gasteiger partial charge in [-0.15, -0.1) is 0 Å². The van der Waals surface area contributed by atoms with E-state index in [0.717, 1.165) is 0 Å². The van der Waals surface area contributed by atoms with Crippen LogP contribution in [0.5, 0.6) is 0 Å². The van der Waals surface area contributed by atoms with Crippen molar-refractivity contribution in [2.75, 3.05) is 0 Å². The summed E-state index contributed by atoms with van der Waals surface area (Å²) in [6.07, 6.45) is 3.58. The van der Waals surface area contributed by atoms with Gasteiger partial charge in [0, 0.05) is 28.5 Å². The van der Waals surface area contributed by atoms with Crippen LogP contribution in [0.4, 0.5) is 8.78 Å². The van der Waals surface area contributed by atoms with E-state index in [9.17, 15) is 8.78 Å². The van der Waals surface area contributed by atoms with Crippen LogP contribution >= 0.6 is 27.5 Å². The average Bonchev–Trinajstić information content (AvgIpc) is 3.37. The summed E-state index contributed by atoms with van der Waals surface area (Å²) < 4.78 is 36.3. The van der Waals surface area contributed by atoms with Gasteiger partial charge in [-0.3, -0.25) is 0 Å². The fourth-order valence-corrected chi connectivity index (χ4v) is 3.75. The molecule has 0 unspecified atom stereocenters. The van der Waals surface area contributed by atoms with Gasteiger partial charge in [-0.25, -0.2) is 18.7 Å². The van der Waals surface area contributed by atoms with Gasteiger partial charge in [-0.2, -0.15) is 0 Å². The Morgan fingerprint density at radius 3 is 2.65 bits per heavy atom. The molecule has 0 spiro atoms. The molecule has 0 saturated carbocycles. The van der Waals surface area contributed by atoms with E-state index in [4.69, 9.17) is 16.1 Å². The molecule has 1 aromatic heterocycles. The normalized spacial score (nSPS) is 11.4. The van der Waals surface area contributed by atoms with Crippen molar-refractivity contribution in [3.63, 3.8) is 0 Å². The number of pyridine rings is 1. The van der Waals surface area contributed by atoms with Crippen molar-refractivity contribution in [3.8, 4) is 34.0 Å². The molecule has 5 nitrogen and oxygen atoms in total. The van der Waals surface area contributed by atoms with Crippen LogP contribution in [0, 0.1) is 11.6 Å².